The van der Waals surface area contributed by atoms with Crippen LogP contribution < -0.4 is 5.32 Å². The molecule has 1 saturated carbocycles. The van der Waals surface area contributed by atoms with Crippen molar-refractivity contribution in [1.29, 1.82) is 0 Å². The number of ether oxygens (including phenoxy) is 1. The van der Waals surface area contributed by atoms with Crippen LogP contribution in [0.25, 0.3) is 0 Å². The number of aliphatic hydroxyl groups is 1. The molecule has 0 aromatic heterocycles. The Labute approximate surface area is 123 Å². The molecule has 1 aliphatic heterocycles. The third-order valence-electron chi connectivity index (χ3n) is 4.51. The van der Waals surface area contributed by atoms with Gasteiger partial charge in [-0.2, -0.15) is 0 Å². The van der Waals surface area contributed by atoms with Gasteiger partial charge in [0.25, 0.3) is 0 Å². The minimum Gasteiger partial charge on any atom is -0.389 e. The highest BCUT2D eigenvalue weighted by atomic mass is 16.5. The van der Waals surface area contributed by atoms with Crippen LogP contribution in [0.2, 0.25) is 0 Å². The van der Waals surface area contributed by atoms with E-state index < -0.39 is 0 Å². The van der Waals surface area contributed by atoms with E-state index in [4.69, 9.17) is 4.74 Å². The van der Waals surface area contributed by atoms with Gasteiger partial charge in [-0.1, -0.05) is 25.7 Å². The lowest BCUT2D eigenvalue weighted by Crippen LogP contribution is -2.39. The van der Waals surface area contributed by atoms with Gasteiger partial charge in [0.15, 0.2) is 0 Å². The first-order valence-corrected chi connectivity index (χ1v) is 8.57. The molecule has 4 heteroatoms. The van der Waals surface area contributed by atoms with Gasteiger partial charge in [-0.15, -0.1) is 0 Å². The minimum atomic E-state index is -0.363. The third kappa shape index (κ3) is 6.53. The lowest BCUT2D eigenvalue weighted by Gasteiger charge is -2.26. The third-order valence-corrected chi connectivity index (χ3v) is 4.51. The van der Waals surface area contributed by atoms with Crippen LogP contribution in [0.1, 0.15) is 51.4 Å². The summed E-state index contributed by atoms with van der Waals surface area (Å²) in [6.07, 6.45) is 10.4. The van der Waals surface area contributed by atoms with Crippen LogP contribution in [0.5, 0.6) is 0 Å². The van der Waals surface area contributed by atoms with E-state index in [2.05, 4.69) is 10.2 Å². The number of aliphatic hydroxyl groups excluding tert-OH is 1. The van der Waals surface area contributed by atoms with Crippen molar-refractivity contribution in [2.24, 2.45) is 0 Å². The minimum absolute atomic E-state index is 0.363. The molecule has 0 spiro atoms. The number of likely N-dealkylation sites (tertiary alicyclic amines) is 1. The van der Waals surface area contributed by atoms with Gasteiger partial charge in [0.2, 0.25) is 0 Å². The molecule has 2 rings (SSSR count). The summed E-state index contributed by atoms with van der Waals surface area (Å²) < 4.78 is 5.79. The van der Waals surface area contributed by atoms with Gasteiger partial charge < -0.3 is 20.1 Å². The van der Waals surface area contributed by atoms with Crippen molar-refractivity contribution in [2.75, 3.05) is 39.3 Å². The van der Waals surface area contributed by atoms with Gasteiger partial charge in [0.05, 0.1) is 18.8 Å². The summed E-state index contributed by atoms with van der Waals surface area (Å²) in [5, 5.41) is 13.3. The van der Waals surface area contributed by atoms with Crippen LogP contribution >= 0.6 is 0 Å². The predicted molar refractivity (Wildman–Crippen MR) is 82.0 cm³/mol. The van der Waals surface area contributed by atoms with Gasteiger partial charge in [0.1, 0.15) is 0 Å². The number of rotatable bonds is 8. The Morgan fingerprint density at radius 2 is 1.75 bits per heavy atom. The summed E-state index contributed by atoms with van der Waals surface area (Å²) in [7, 11) is 0. The summed E-state index contributed by atoms with van der Waals surface area (Å²) in [6.45, 7) is 5.71. The van der Waals surface area contributed by atoms with Crippen LogP contribution in [-0.2, 0) is 4.74 Å². The fourth-order valence-corrected chi connectivity index (χ4v) is 3.23. The monoisotopic (exact) mass is 284 g/mol. The van der Waals surface area contributed by atoms with E-state index in [0.29, 0.717) is 19.3 Å². The Kier molecular flexibility index (Phi) is 7.88. The molecule has 2 fully saturated rings. The van der Waals surface area contributed by atoms with Crippen LogP contribution in [0.15, 0.2) is 0 Å². The van der Waals surface area contributed by atoms with Crippen LogP contribution in [0, 0.1) is 0 Å². The number of nitrogens with zero attached hydrogens (tertiary/aromatic N) is 1. The van der Waals surface area contributed by atoms with E-state index in [9.17, 15) is 5.11 Å². The molecule has 0 amide bonds. The Morgan fingerprint density at radius 1 is 1.05 bits per heavy atom. The Hall–Kier alpha value is -0.160. The summed E-state index contributed by atoms with van der Waals surface area (Å²) in [5.74, 6) is 0. The van der Waals surface area contributed by atoms with Crippen molar-refractivity contribution in [3.05, 3.63) is 0 Å². The first kappa shape index (κ1) is 16.2. The quantitative estimate of drug-likeness (QED) is 0.667. The molecule has 118 valence electrons. The molecule has 0 aromatic carbocycles. The number of hydrogen-bond acceptors (Lipinski definition) is 4. The van der Waals surface area contributed by atoms with Crippen LogP contribution in [0.3, 0.4) is 0 Å². The predicted octanol–water partition coefficient (Wildman–Crippen LogP) is 1.77. The van der Waals surface area contributed by atoms with E-state index in [1.165, 1.54) is 64.5 Å². The molecule has 1 saturated heterocycles. The normalized spacial score (nSPS) is 23.9. The lowest BCUT2D eigenvalue weighted by molar-refractivity contribution is -0.0230. The van der Waals surface area contributed by atoms with E-state index in [1.54, 1.807) is 0 Å². The highest BCUT2D eigenvalue weighted by Gasteiger charge is 2.15. The molecular formula is C16H32N2O2. The number of nitrogens with one attached hydrogen (secondary N) is 1. The topological polar surface area (TPSA) is 44.7 Å². The van der Waals surface area contributed by atoms with E-state index in [-0.39, 0.29) is 6.10 Å². The van der Waals surface area contributed by atoms with Crippen molar-refractivity contribution >= 4 is 0 Å². The fraction of sp³-hybridized carbons (Fsp3) is 1.00. The fourth-order valence-electron chi connectivity index (χ4n) is 3.23. The van der Waals surface area contributed by atoms with Gasteiger partial charge >= 0.3 is 0 Å². The Bertz CT molecular complexity index is 239. The average molecular weight is 284 g/mol. The standard InChI is InChI=1S/C16H32N2O2/c19-15(14-20-16-7-3-1-4-8-16)13-17-9-12-18-10-5-2-6-11-18/h15-17,19H,1-14H2. The highest BCUT2D eigenvalue weighted by molar-refractivity contribution is 4.68. The average Bonchev–Trinajstić information content (AvgIpc) is 2.52. The van der Waals surface area contributed by atoms with Crippen molar-refractivity contribution in [3.8, 4) is 0 Å². The molecule has 2 aliphatic rings. The van der Waals surface area contributed by atoms with Gasteiger partial charge in [-0.3, -0.25) is 0 Å². The molecule has 2 N–H and O–H groups in total. The van der Waals surface area contributed by atoms with Crippen molar-refractivity contribution in [2.45, 2.75) is 63.6 Å². The SMILES string of the molecule is OC(CNCCN1CCCCC1)COC1CCCCC1. The molecule has 0 radical (unpaired) electrons. The summed E-state index contributed by atoms with van der Waals surface area (Å²) >= 11 is 0. The van der Waals surface area contributed by atoms with Gasteiger partial charge in [-0.25, -0.2) is 0 Å². The first-order chi connectivity index (χ1) is 9.84. The second kappa shape index (κ2) is 9.72. The smallest absolute Gasteiger partial charge is 0.0897 e. The zero-order chi connectivity index (χ0) is 14.0. The number of hydrogen-bond donors (Lipinski definition) is 2. The summed E-state index contributed by atoms with van der Waals surface area (Å²) in [5.41, 5.74) is 0. The largest absolute Gasteiger partial charge is 0.389 e. The molecule has 1 atom stereocenters. The maximum atomic E-state index is 9.92. The summed E-state index contributed by atoms with van der Waals surface area (Å²) in [6, 6.07) is 0. The molecule has 1 aliphatic carbocycles. The van der Waals surface area contributed by atoms with Crippen molar-refractivity contribution in [3.63, 3.8) is 0 Å². The van der Waals surface area contributed by atoms with E-state index in [0.717, 1.165) is 13.1 Å². The van der Waals surface area contributed by atoms with Crippen LogP contribution in [0.4, 0.5) is 0 Å². The van der Waals surface area contributed by atoms with Gasteiger partial charge in [-0.05, 0) is 38.8 Å². The van der Waals surface area contributed by atoms with Crippen LogP contribution in [-0.4, -0.2) is 61.5 Å². The van der Waals surface area contributed by atoms with E-state index in [1.807, 2.05) is 0 Å². The summed E-state index contributed by atoms with van der Waals surface area (Å²) in [4.78, 5) is 2.52. The molecule has 20 heavy (non-hydrogen) atoms. The molecule has 0 aromatic rings. The first-order valence-electron chi connectivity index (χ1n) is 8.57. The number of piperidine rings is 1. The molecule has 0 bridgehead atoms. The molecule has 1 unspecified atom stereocenters. The maximum absolute atomic E-state index is 9.92. The zero-order valence-electron chi connectivity index (χ0n) is 12.9. The second-order valence-electron chi connectivity index (χ2n) is 6.35. The molecular weight excluding hydrogens is 252 g/mol. The Balaban J connectivity index is 1.44. The lowest BCUT2D eigenvalue weighted by atomic mass is 9.98. The maximum Gasteiger partial charge on any atom is 0.0897 e. The Morgan fingerprint density at radius 3 is 2.50 bits per heavy atom. The zero-order valence-corrected chi connectivity index (χ0v) is 12.9. The van der Waals surface area contributed by atoms with Gasteiger partial charge in [0, 0.05) is 19.6 Å². The van der Waals surface area contributed by atoms with Crippen molar-refractivity contribution < 1.29 is 9.84 Å². The molecule has 1 heterocycles. The second-order valence-corrected chi connectivity index (χ2v) is 6.35. The highest BCUT2D eigenvalue weighted by Crippen LogP contribution is 2.20. The van der Waals surface area contributed by atoms with Crippen molar-refractivity contribution in [1.82, 2.24) is 10.2 Å². The van der Waals surface area contributed by atoms with E-state index >= 15 is 0 Å². The molecule has 4 nitrogen and oxygen atoms in total.